The third-order valence-corrected chi connectivity index (χ3v) is 4.89. The lowest BCUT2D eigenvalue weighted by molar-refractivity contribution is -0.123. The molecule has 0 saturated carbocycles. The fourth-order valence-electron chi connectivity index (χ4n) is 2.62. The lowest BCUT2D eigenvalue weighted by Gasteiger charge is -2.20. The molecule has 1 unspecified atom stereocenters. The van der Waals surface area contributed by atoms with Gasteiger partial charge in [0.05, 0.1) is 22.9 Å². The number of nitrogens with one attached hydrogen (secondary N) is 2. The lowest BCUT2D eigenvalue weighted by Crippen LogP contribution is -2.48. The molecule has 0 aromatic heterocycles. The number of halogens is 2. The summed E-state index contributed by atoms with van der Waals surface area (Å²) in [7, 11) is 0. The van der Waals surface area contributed by atoms with Crippen molar-refractivity contribution >= 4 is 45.6 Å². The van der Waals surface area contributed by atoms with Crippen LogP contribution >= 0.6 is 27.5 Å². The van der Waals surface area contributed by atoms with Crippen molar-refractivity contribution in [3.8, 4) is 5.75 Å². The van der Waals surface area contributed by atoms with E-state index >= 15 is 0 Å². The molecular formula is C22H25BrClN3O3. The Hall–Kier alpha value is -2.38. The number of hydrogen-bond donors (Lipinski definition) is 2. The summed E-state index contributed by atoms with van der Waals surface area (Å²) in [5.74, 6) is -0.350. The Morgan fingerprint density at radius 3 is 2.47 bits per heavy atom. The third kappa shape index (κ3) is 6.85. The fourth-order valence-corrected chi connectivity index (χ4v) is 3.22. The molecule has 160 valence electrons. The number of benzene rings is 2. The minimum Gasteiger partial charge on any atom is -0.490 e. The Morgan fingerprint density at radius 2 is 1.83 bits per heavy atom. The van der Waals surface area contributed by atoms with Crippen molar-refractivity contribution < 1.29 is 14.3 Å². The van der Waals surface area contributed by atoms with Crippen molar-refractivity contribution in [2.45, 2.75) is 39.8 Å². The van der Waals surface area contributed by atoms with Crippen LogP contribution in [0.5, 0.6) is 5.75 Å². The summed E-state index contributed by atoms with van der Waals surface area (Å²) >= 11 is 9.49. The van der Waals surface area contributed by atoms with Gasteiger partial charge in [-0.2, -0.15) is 5.10 Å². The van der Waals surface area contributed by atoms with Gasteiger partial charge in [0, 0.05) is 10.0 Å². The van der Waals surface area contributed by atoms with Crippen molar-refractivity contribution in [3.63, 3.8) is 0 Å². The highest BCUT2D eigenvalue weighted by Gasteiger charge is 2.25. The Labute approximate surface area is 190 Å². The van der Waals surface area contributed by atoms with Gasteiger partial charge >= 0.3 is 0 Å². The van der Waals surface area contributed by atoms with Crippen LogP contribution in [0, 0.1) is 5.92 Å². The summed E-state index contributed by atoms with van der Waals surface area (Å²) in [6.07, 6.45) is 1.51. The van der Waals surface area contributed by atoms with Gasteiger partial charge in [0.1, 0.15) is 11.8 Å². The van der Waals surface area contributed by atoms with Gasteiger partial charge in [-0.15, -0.1) is 0 Å². The first-order chi connectivity index (χ1) is 14.2. The molecule has 0 saturated heterocycles. The molecule has 0 fully saturated rings. The molecule has 0 aliphatic rings. The molecule has 2 N–H and O–H groups in total. The van der Waals surface area contributed by atoms with Gasteiger partial charge in [-0.3, -0.25) is 9.59 Å². The average molecular weight is 495 g/mol. The second kappa shape index (κ2) is 11.1. The van der Waals surface area contributed by atoms with Crippen molar-refractivity contribution in [1.29, 1.82) is 0 Å². The van der Waals surface area contributed by atoms with Gasteiger partial charge in [0.15, 0.2) is 0 Å². The summed E-state index contributed by atoms with van der Waals surface area (Å²) in [4.78, 5) is 25.2. The van der Waals surface area contributed by atoms with Crippen molar-refractivity contribution in [2.75, 3.05) is 0 Å². The summed E-state index contributed by atoms with van der Waals surface area (Å²) in [6, 6.07) is 11.4. The van der Waals surface area contributed by atoms with Crippen LogP contribution in [-0.4, -0.2) is 30.2 Å². The molecule has 0 spiro atoms. The average Bonchev–Trinajstić information content (AvgIpc) is 2.67. The molecule has 2 aromatic rings. The monoisotopic (exact) mass is 493 g/mol. The van der Waals surface area contributed by atoms with Crippen LogP contribution < -0.4 is 15.5 Å². The van der Waals surface area contributed by atoms with Gasteiger partial charge in [0.25, 0.3) is 11.8 Å². The second-order valence-corrected chi connectivity index (χ2v) is 8.58. The van der Waals surface area contributed by atoms with Crippen LogP contribution in [0.1, 0.15) is 43.6 Å². The lowest BCUT2D eigenvalue weighted by atomic mass is 10.0. The highest BCUT2D eigenvalue weighted by molar-refractivity contribution is 9.10. The summed E-state index contributed by atoms with van der Waals surface area (Å²) in [6.45, 7) is 7.53. The van der Waals surface area contributed by atoms with Gasteiger partial charge < -0.3 is 10.1 Å². The second-order valence-electron chi connectivity index (χ2n) is 7.26. The van der Waals surface area contributed by atoms with Gasteiger partial charge in [0.2, 0.25) is 0 Å². The Kier molecular flexibility index (Phi) is 8.87. The van der Waals surface area contributed by atoms with E-state index in [0.717, 1.165) is 4.47 Å². The van der Waals surface area contributed by atoms with Crippen molar-refractivity contribution in [3.05, 3.63) is 63.1 Å². The van der Waals surface area contributed by atoms with Crippen LogP contribution in [-0.2, 0) is 4.79 Å². The predicted octanol–water partition coefficient (Wildman–Crippen LogP) is 4.79. The zero-order chi connectivity index (χ0) is 22.3. The minimum absolute atomic E-state index is 0.00161. The van der Waals surface area contributed by atoms with Gasteiger partial charge in [-0.25, -0.2) is 5.43 Å². The SMILES string of the molecule is CC(C)Oc1ccc(Br)cc1/C=N/NC(=O)C(NC(=O)c1ccccc1Cl)C(C)C. The molecule has 1 atom stereocenters. The first kappa shape index (κ1) is 23.9. The standard InChI is InChI=1S/C22H25BrClN3O3/c1-13(2)20(26-21(28)17-7-5-6-8-18(17)24)22(29)27-25-12-15-11-16(23)9-10-19(15)30-14(3)4/h5-14,20H,1-4H3,(H,26,28)(H,27,29)/b25-12+. The minimum atomic E-state index is -0.778. The molecule has 2 rings (SSSR count). The molecule has 0 aliphatic carbocycles. The maximum atomic E-state index is 12.6. The number of ether oxygens (including phenoxy) is 1. The van der Waals surface area contributed by atoms with Crippen molar-refractivity contribution in [1.82, 2.24) is 10.7 Å². The molecule has 0 heterocycles. The first-order valence-corrected chi connectivity index (χ1v) is 10.7. The van der Waals surface area contributed by atoms with Crippen molar-refractivity contribution in [2.24, 2.45) is 11.0 Å². The van der Waals surface area contributed by atoms with Crippen LogP contribution in [0.4, 0.5) is 0 Å². The molecular weight excluding hydrogens is 470 g/mol. The quantitative estimate of drug-likeness (QED) is 0.409. The molecule has 0 radical (unpaired) electrons. The van der Waals surface area contributed by atoms with E-state index < -0.39 is 17.9 Å². The maximum absolute atomic E-state index is 12.6. The van der Waals surface area contributed by atoms with Gasteiger partial charge in [-0.1, -0.05) is 53.5 Å². The third-order valence-electron chi connectivity index (χ3n) is 4.07. The number of carbonyl (C=O) groups is 2. The molecule has 0 bridgehead atoms. The fraction of sp³-hybridized carbons (Fsp3) is 0.318. The number of hydrazone groups is 1. The van der Waals surface area contributed by atoms with Crippen LogP contribution in [0.25, 0.3) is 0 Å². The smallest absolute Gasteiger partial charge is 0.262 e. The van der Waals surface area contributed by atoms with E-state index in [9.17, 15) is 9.59 Å². The van der Waals surface area contributed by atoms with E-state index in [-0.39, 0.29) is 12.0 Å². The Morgan fingerprint density at radius 1 is 1.13 bits per heavy atom. The summed E-state index contributed by atoms with van der Waals surface area (Å²) < 4.78 is 6.62. The number of hydrogen-bond acceptors (Lipinski definition) is 4. The molecule has 6 nitrogen and oxygen atoms in total. The number of rotatable bonds is 8. The first-order valence-electron chi connectivity index (χ1n) is 9.53. The number of carbonyl (C=O) groups excluding carboxylic acids is 2. The van der Waals surface area contributed by atoms with E-state index in [0.29, 0.717) is 21.9 Å². The zero-order valence-electron chi connectivity index (χ0n) is 17.3. The van der Waals surface area contributed by atoms with E-state index in [1.807, 2.05) is 45.9 Å². The van der Waals surface area contributed by atoms with E-state index in [1.54, 1.807) is 24.3 Å². The van der Waals surface area contributed by atoms with E-state index in [4.69, 9.17) is 16.3 Å². The maximum Gasteiger partial charge on any atom is 0.262 e. The zero-order valence-corrected chi connectivity index (χ0v) is 19.6. The predicted molar refractivity (Wildman–Crippen MR) is 123 cm³/mol. The summed E-state index contributed by atoms with van der Waals surface area (Å²) in [5.41, 5.74) is 3.51. The molecule has 2 amide bonds. The van der Waals surface area contributed by atoms with Crippen LogP contribution in [0.2, 0.25) is 5.02 Å². The largest absolute Gasteiger partial charge is 0.490 e. The molecule has 8 heteroatoms. The summed E-state index contributed by atoms with van der Waals surface area (Å²) in [5, 5.41) is 7.10. The molecule has 2 aromatic carbocycles. The highest BCUT2D eigenvalue weighted by atomic mass is 79.9. The van der Waals surface area contributed by atoms with Gasteiger partial charge in [-0.05, 0) is 50.1 Å². The number of nitrogens with zero attached hydrogens (tertiary/aromatic N) is 1. The normalized spacial score (nSPS) is 12.3. The Bertz CT molecular complexity index is 932. The molecule has 0 aliphatic heterocycles. The topological polar surface area (TPSA) is 79.8 Å². The van der Waals surface area contributed by atoms with E-state index in [1.165, 1.54) is 6.21 Å². The van der Waals surface area contributed by atoms with Crippen LogP contribution in [0.15, 0.2) is 52.0 Å². The van der Waals surface area contributed by atoms with Crippen LogP contribution in [0.3, 0.4) is 0 Å². The molecule has 30 heavy (non-hydrogen) atoms. The van der Waals surface area contributed by atoms with E-state index in [2.05, 4.69) is 31.8 Å². The Balaban J connectivity index is 2.10. The highest BCUT2D eigenvalue weighted by Crippen LogP contribution is 2.23. The number of amides is 2.